The lowest BCUT2D eigenvalue weighted by Gasteiger charge is -2.35. The predicted octanol–water partition coefficient (Wildman–Crippen LogP) is 1.42. The van der Waals surface area contributed by atoms with Crippen molar-refractivity contribution < 1.29 is 5.11 Å². The Kier molecular flexibility index (Phi) is 2.13. The van der Waals surface area contributed by atoms with Gasteiger partial charge in [0, 0.05) is 5.54 Å². The van der Waals surface area contributed by atoms with Gasteiger partial charge in [-0.15, -0.1) is 0 Å². The zero-order valence-corrected chi connectivity index (χ0v) is 7.63. The fourth-order valence-corrected chi connectivity index (χ4v) is 2.28. The highest BCUT2D eigenvalue weighted by Gasteiger charge is 2.36. The quantitative estimate of drug-likeness (QED) is 0.656. The highest BCUT2D eigenvalue weighted by molar-refractivity contribution is 4.94. The van der Waals surface area contributed by atoms with Crippen LogP contribution in [0.5, 0.6) is 0 Å². The largest absolute Gasteiger partial charge is 0.393 e. The molecule has 70 valence electrons. The molecule has 12 heavy (non-hydrogen) atoms. The molecule has 0 aromatic carbocycles. The molecule has 0 aromatic rings. The standard InChI is InChI=1S/C10H19NO/c11-10(7-8-1-2-8)5-3-9(12)4-6-10/h8-9,12H,1-7,11H2. The molecule has 0 aliphatic heterocycles. The third kappa shape index (κ3) is 1.99. The first-order valence-corrected chi connectivity index (χ1v) is 5.15. The minimum absolute atomic E-state index is 0.0686. The van der Waals surface area contributed by atoms with Gasteiger partial charge >= 0.3 is 0 Å². The highest BCUT2D eigenvalue weighted by atomic mass is 16.3. The van der Waals surface area contributed by atoms with E-state index in [9.17, 15) is 5.11 Å². The Morgan fingerprint density at radius 1 is 1.17 bits per heavy atom. The summed E-state index contributed by atoms with van der Waals surface area (Å²) < 4.78 is 0. The van der Waals surface area contributed by atoms with E-state index in [1.807, 2.05) is 0 Å². The Bertz CT molecular complexity index is 157. The number of aliphatic hydroxyl groups excluding tert-OH is 1. The van der Waals surface area contributed by atoms with Gasteiger partial charge in [-0.05, 0) is 38.0 Å². The van der Waals surface area contributed by atoms with Gasteiger partial charge in [0.05, 0.1) is 6.10 Å². The molecular formula is C10H19NO. The van der Waals surface area contributed by atoms with Crippen molar-refractivity contribution in [1.82, 2.24) is 0 Å². The van der Waals surface area contributed by atoms with E-state index in [1.165, 1.54) is 19.3 Å². The van der Waals surface area contributed by atoms with Crippen molar-refractivity contribution in [3.63, 3.8) is 0 Å². The van der Waals surface area contributed by atoms with E-state index < -0.39 is 0 Å². The molecule has 0 bridgehead atoms. The molecule has 2 aliphatic rings. The molecule has 0 aromatic heterocycles. The number of nitrogens with two attached hydrogens (primary N) is 1. The van der Waals surface area contributed by atoms with Crippen LogP contribution >= 0.6 is 0 Å². The van der Waals surface area contributed by atoms with Crippen molar-refractivity contribution in [2.75, 3.05) is 0 Å². The molecule has 0 unspecified atom stereocenters. The Morgan fingerprint density at radius 3 is 2.25 bits per heavy atom. The molecular weight excluding hydrogens is 150 g/mol. The summed E-state index contributed by atoms with van der Waals surface area (Å²) in [7, 11) is 0. The van der Waals surface area contributed by atoms with Gasteiger partial charge in [-0.2, -0.15) is 0 Å². The third-order valence-electron chi connectivity index (χ3n) is 3.34. The average molecular weight is 169 g/mol. The summed E-state index contributed by atoms with van der Waals surface area (Å²) in [4.78, 5) is 0. The molecule has 2 rings (SSSR count). The second kappa shape index (κ2) is 3.00. The number of aliphatic hydroxyl groups is 1. The smallest absolute Gasteiger partial charge is 0.0541 e. The minimum Gasteiger partial charge on any atom is -0.393 e. The summed E-state index contributed by atoms with van der Waals surface area (Å²) in [5.74, 6) is 0.922. The summed E-state index contributed by atoms with van der Waals surface area (Å²) in [5, 5.41) is 9.34. The fourth-order valence-electron chi connectivity index (χ4n) is 2.28. The molecule has 0 radical (unpaired) electrons. The van der Waals surface area contributed by atoms with E-state index in [0.717, 1.165) is 31.6 Å². The number of rotatable bonds is 2. The van der Waals surface area contributed by atoms with E-state index in [2.05, 4.69) is 0 Å². The maximum atomic E-state index is 9.34. The zero-order valence-electron chi connectivity index (χ0n) is 7.63. The molecule has 2 nitrogen and oxygen atoms in total. The van der Waals surface area contributed by atoms with E-state index in [4.69, 9.17) is 5.73 Å². The summed E-state index contributed by atoms with van der Waals surface area (Å²) in [6.45, 7) is 0. The first-order chi connectivity index (χ1) is 5.68. The van der Waals surface area contributed by atoms with Crippen molar-refractivity contribution in [2.24, 2.45) is 11.7 Å². The van der Waals surface area contributed by atoms with Crippen LogP contribution in [0.15, 0.2) is 0 Å². The average Bonchev–Trinajstić information content (AvgIpc) is 2.80. The molecule has 0 amide bonds. The van der Waals surface area contributed by atoms with Gasteiger partial charge in [-0.3, -0.25) is 0 Å². The lowest BCUT2D eigenvalue weighted by molar-refractivity contribution is 0.0925. The van der Waals surface area contributed by atoms with Gasteiger partial charge < -0.3 is 10.8 Å². The molecule has 2 saturated carbocycles. The molecule has 0 spiro atoms. The van der Waals surface area contributed by atoms with Crippen molar-refractivity contribution in [3.8, 4) is 0 Å². The monoisotopic (exact) mass is 169 g/mol. The molecule has 2 aliphatic carbocycles. The first-order valence-electron chi connectivity index (χ1n) is 5.15. The zero-order chi connectivity index (χ0) is 8.60. The van der Waals surface area contributed by atoms with Crippen LogP contribution in [0.3, 0.4) is 0 Å². The molecule has 2 heteroatoms. The Labute approximate surface area is 74.1 Å². The van der Waals surface area contributed by atoms with Crippen LogP contribution in [0.25, 0.3) is 0 Å². The Balaban J connectivity index is 1.83. The van der Waals surface area contributed by atoms with E-state index in [-0.39, 0.29) is 11.6 Å². The van der Waals surface area contributed by atoms with Gasteiger partial charge in [-0.25, -0.2) is 0 Å². The summed E-state index contributed by atoms with van der Waals surface area (Å²) >= 11 is 0. The maximum Gasteiger partial charge on any atom is 0.0541 e. The van der Waals surface area contributed by atoms with Crippen LogP contribution in [0, 0.1) is 5.92 Å². The first kappa shape index (κ1) is 8.52. The number of hydrogen-bond acceptors (Lipinski definition) is 2. The second-order valence-corrected chi connectivity index (χ2v) is 4.74. The predicted molar refractivity (Wildman–Crippen MR) is 48.7 cm³/mol. The van der Waals surface area contributed by atoms with Gasteiger partial charge in [0.25, 0.3) is 0 Å². The Morgan fingerprint density at radius 2 is 1.75 bits per heavy atom. The van der Waals surface area contributed by atoms with Crippen molar-refractivity contribution in [1.29, 1.82) is 0 Å². The third-order valence-corrected chi connectivity index (χ3v) is 3.34. The van der Waals surface area contributed by atoms with Crippen LogP contribution in [-0.4, -0.2) is 16.7 Å². The van der Waals surface area contributed by atoms with Gasteiger partial charge in [0.15, 0.2) is 0 Å². The SMILES string of the molecule is NC1(CC2CC2)CCC(O)CC1. The molecule has 3 N–H and O–H groups in total. The summed E-state index contributed by atoms with van der Waals surface area (Å²) in [6.07, 6.45) is 7.82. The molecule has 2 fully saturated rings. The maximum absolute atomic E-state index is 9.34. The summed E-state index contributed by atoms with van der Waals surface area (Å²) in [6, 6.07) is 0. The van der Waals surface area contributed by atoms with Crippen LogP contribution < -0.4 is 5.73 Å². The molecule has 0 atom stereocenters. The van der Waals surface area contributed by atoms with Crippen LogP contribution in [0.1, 0.15) is 44.9 Å². The molecule has 0 heterocycles. The van der Waals surface area contributed by atoms with Gasteiger partial charge in [-0.1, -0.05) is 12.8 Å². The van der Waals surface area contributed by atoms with Crippen LogP contribution in [0.4, 0.5) is 0 Å². The fraction of sp³-hybridized carbons (Fsp3) is 1.00. The topological polar surface area (TPSA) is 46.2 Å². The van der Waals surface area contributed by atoms with E-state index in [0.29, 0.717) is 0 Å². The van der Waals surface area contributed by atoms with Crippen molar-refractivity contribution >= 4 is 0 Å². The van der Waals surface area contributed by atoms with E-state index in [1.54, 1.807) is 0 Å². The number of hydrogen-bond donors (Lipinski definition) is 2. The van der Waals surface area contributed by atoms with E-state index >= 15 is 0 Å². The second-order valence-electron chi connectivity index (χ2n) is 4.74. The Hall–Kier alpha value is -0.0800. The van der Waals surface area contributed by atoms with Crippen molar-refractivity contribution in [3.05, 3.63) is 0 Å². The van der Waals surface area contributed by atoms with Crippen molar-refractivity contribution in [2.45, 2.75) is 56.6 Å². The highest BCUT2D eigenvalue weighted by Crippen LogP contribution is 2.40. The lowest BCUT2D eigenvalue weighted by Crippen LogP contribution is -2.44. The van der Waals surface area contributed by atoms with Gasteiger partial charge in [0.1, 0.15) is 0 Å². The van der Waals surface area contributed by atoms with Crippen LogP contribution in [0.2, 0.25) is 0 Å². The normalized spacial score (nSPS) is 43.0. The lowest BCUT2D eigenvalue weighted by atomic mass is 9.78. The van der Waals surface area contributed by atoms with Crippen LogP contribution in [-0.2, 0) is 0 Å². The van der Waals surface area contributed by atoms with Gasteiger partial charge in [0.2, 0.25) is 0 Å². The molecule has 0 saturated heterocycles. The minimum atomic E-state index is -0.0686. The summed E-state index contributed by atoms with van der Waals surface area (Å²) in [5.41, 5.74) is 6.33.